The Labute approximate surface area is 355 Å². The average Bonchev–Trinajstić information content (AvgIpc) is 3.78. The Hall–Kier alpha value is -5.74. The fourth-order valence-electron chi connectivity index (χ4n) is 5.80. The molecule has 0 aliphatic rings. The summed E-state index contributed by atoms with van der Waals surface area (Å²) in [6, 6.07) is 24.5. The zero-order valence-corrected chi connectivity index (χ0v) is 34.8. The Kier molecular flexibility index (Phi) is 15.4. The largest absolute Gasteiger partial charge is 0.482 e. The average molecular weight is 887 g/mol. The Balaban J connectivity index is 0.000000231. The molecule has 8 nitrogen and oxygen atoms in total. The van der Waals surface area contributed by atoms with Crippen LogP contribution in [-0.4, -0.2) is 35.4 Å². The SMILES string of the molecule is CCc1cc(SCc2cc(-c3ccc(C(F)(F)F)cc3)oc2C)ccc1OCC(=O)O.Cc1cc(SCc2cc(-c3ccc(C(F)(F)F)cc3)oc2C)ccc1OCC(=O)O. The molecule has 0 spiro atoms. The number of hydrogen-bond acceptors (Lipinski definition) is 8. The molecule has 2 N–H and O–H groups in total. The summed E-state index contributed by atoms with van der Waals surface area (Å²) in [6.45, 7) is 6.66. The molecular formula is C45H40F6O8S2. The number of aryl methyl sites for hydroxylation is 4. The predicted molar refractivity (Wildman–Crippen MR) is 220 cm³/mol. The lowest BCUT2D eigenvalue weighted by atomic mass is 10.1. The standard InChI is InChI=1S/C23H21F3O4S.C22H19F3O4S/c1-3-15-10-19(8-9-20(15)29-12-22(27)28)31-13-17-11-21(30-14(17)2)16-4-6-18(7-5-16)23(24,25)26;1-13-9-18(7-8-19(13)28-11-21(26)27)30-12-16-10-20(29-14(16)2)15-3-5-17(6-4-15)22(23,24)25/h4-11H,3,12-13H2,1-2H3,(H,27,28);3-10H,11-12H2,1-2H3,(H,26,27). The van der Waals surface area contributed by atoms with Crippen LogP contribution < -0.4 is 9.47 Å². The van der Waals surface area contributed by atoms with Gasteiger partial charge in [0.05, 0.1) is 11.1 Å². The summed E-state index contributed by atoms with van der Waals surface area (Å²) in [7, 11) is 0. The van der Waals surface area contributed by atoms with Crippen LogP contribution in [0.25, 0.3) is 22.6 Å². The summed E-state index contributed by atoms with van der Waals surface area (Å²) in [5.74, 6) is 2.70. The van der Waals surface area contributed by atoms with E-state index in [4.69, 9.17) is 28.5 Å². The van der Waals surface area contributed by atoms with E-state index in [0.717, 1.165) is 56.3 Å². The third kappa shape index (κ3) is 13.1. The lowest BCUT2D eigenvalue weighted by Crippen LogP contribution is -2.10. The zero-order valence-electron chi connectivity index (χ0n) is 33.2. The molecule has 6 rings (SSSR count). The second-order valence-corrected chi connectivity index (χ2v) is 15.6. The number of benzene rings is 4. The molecule has 322 valence electrons. The van der Waals surface area contributed by atoms with Crippen molar-refractivity contribution in [3.8, 4) is 34.1 Å². The number of carboxylic acids is 2. The van der Waals surface area contributed by atoms with Gasteiger partial charge in [-0.05, 0) is 111 Å². The smallest absolute Gasteiger partial charge is 0.416 e. The third-order valence-electron chi connectivity index (χ3n) is 9.08. The molecule has 2 aromatic heterocycles. The van der Waals surface area contributed by atoms with Gasteiger partial charge in [-0.2, -0.15) is 26.3 Å². The van der Waals surface area contributed by atoms with Crippen molar-refractivity contribution in [3.05, 3.63) is 142 Å². The molecule has 0 atom stereocenters. The van der Waals surface area contributed by atoms with E-state index >= 15 is 0 Å². The van der Waals surface area contributed by atoms with Gasteiger partial charge in [-0.15, -0.1) is 23.5 Å². The molecule has 0 saturated carbocycles. The van der Waals surface area contributed by atoms with Crippen LogP contribution >= 0.6 is 23.5 Å². The fraction of sp³-hybridized carbons (Fsp3) is 0.244. The summed E-state index contributed by atoms with van der Waals surface area (Å²) in [5, 5.41) is 17.5. The van der Waals surface area contributed by atoms with Gasteiger partial charge in [0.15, 0.2) is 13.2 Å². The molecule has 0 saturated heterocycles. The maximum Gasteiger partial charge on any atom is 0.416 e. The maximum atomic E-state index is 12.7. The minimum atomic E-state index is -4.37. The monoisotopic (exact) mass is 886 g/mol. The molecule has 6 aromatic rings. The number of thioether (sulfide) groups is 2. The Bertz CT molecular complexity index is 2440. The molecule has 0 amide bonds. The van der Waals surface area contributed by atoms with Gasteiger partial charge in [0.25, 0.3) is 0 Å². The fourth-order valence-corrected chi connectivity index (χ4v) is 7.83. The summed E-state index contributed by atoms with van der Waals surface area (Å²) < 4.78 is 98.5. The van der Waals surface area contributed by atoms with Gasteiger partial charge in [0.1, 0.15) is 34.5 Å². The number of alkyl halides is 6. The first-order valence-corrected chi connectivity index (χ1v) is 20.5. The van der Waals surface area contributed by atoms with Crippen molar-refractivity contribution in [2.24, 2.45) is 0 Å². The van der Waals surface area contributed by atoms with Crippen LogP contribution in [0, 0.1) is 20.8 Å². The molecular weight excluding hydrogens is 847 g/mol. The highest BCUT2D eigenvalue weighted by Gasteiger charge is 2.31. The van der Waals surface area contributed by atoms with Crippen LogP contribution in [0.2, 0.25) is 0 Å². The molecule has 0 bridgehead atoms. The Morgan fingerprint density at radius 1 is 0.574 bits per heavy atom. The van der Waals surface area contributed by atoms with Gasteiger partial charge in [-0.25, -0.2) is 9.59 Å². The molecule has 0 fully saturated rings. The first-order valence-electron chi connectivity index (χ1n) is 18.5. The maximum absolute atomic E-state index is 12.7. The van der Waals surface area contributed by atoms with Crippen molar-refractivity contribution in [1.82, 2.24) is 0 Å². The highest BCUT2D eigenvalue weighted by Crippen LogP contribution is 2.37. The molecule has 0 aliphatic heterocycles. The normalized spacial score (nSPS) is 11.5. The van der Waals surface area contributed by atoms with Gasteiger partial charge in [-0.3, -0.25) is 0 Å². The number of aliphatic carboxylic acids is 2. The number of halogens is 6. The lowest BCUT2D eigenvalue weighted by molar-refractivity contribution is -0.140. The summed E-state index contributed by atoms with van der Waals surface area (Å²) in [4.78, 5) is 23.3. The minimum absolute atomic E-state index is 0.388. The van der Waals surface area contributed by atoms with E-state index in [1.807, 2.05) is 64.1 Å². The number of furan rings is 2. The Morgan fingerprint density at radius 2 is 0.984 bits per heavy atom. The van der Waals surface area contributed by atoms with E-state index < -0.39 is 42.0 Å². The second-order valence-electron chi connectivity index (χ2n) is 13.5. The van der Waals surface area contributed by atoms with Crippen LogP contribution in [0.1, 0.15) is 51.8 Å². The van der Waals surface area contributed by atoms with Crippen LogP contribution in [-0.2, 0) is 39.9 Å². The first kappa shape index (κ1) is 46.3. The number of hydrogen-bond donors (Lipinski definition) is 2. The summed E-state index contributed by atoms with van der Waals surface area (Å²) >= 11 is 3.15. The number of ether oxygens (including phenoxy) is 2. The quantitative estimate of drug-likeness (QED) is 0.0762. The van der Waals surface area contributed by atoms with E-state index in [2.05, 4.69) is 0 Å². The molecule has 4 aromatic carbocycles. The van der Waals surface area contributed by atoms with E-state index in [1.165, 1.54) is 24.3 Å². The molecule has 61 heavy (non-hydrogen) atoms. The molecule has 0 unspecified atom stereocenters. The second kappa shape index (κ2) is 20.2. The predicted octanol–water partition coefficient (Wildman–Crippen LogP) is 12.9. The van der Waals surface area contributed by atoms with Gasteiger partial charge in [0, 0.05) is 43.6 Å². The van der Waals surface area contributed by atoms with E-state index in [9.17, 15) is 35.9 Å². The zero-order chi connectivity index (χ0) is 44.5. The van der Waals surface area contributed by atoms with Gasteiger partial charge < -0.3 is 28.5 Å². The number of rotatable bonds is 15. The highest BCUT2D eigenvalue weighted by atomic mass is 32.2. The van der Waals surface area contributed by atoms with Crippen molar-refractivity contribution in [2.75, 3.05) is 13.2 Å². The van der Waals surface area contributed by atoms with E-state index in [0.29, 0.717) is 63.6 Å². The molecule has 0 aliphatic carbocycles. The molecule has 2 heterocycles. The first-order chi connectivity index (χ1) is 28.8. The third-order valence-corrected chi connectivity index (χ3v) is 11.2. The van der Waals surface area contributed by atoms with Crippen molar-refractivity contribution in [2.45, 2.75) is 67.8 Å². The van der Waals surface area contributed by atoms with Crippen molar-refractivity contribution >= 4 is 35.5 Å². The van der Waals surface area contributed by atoms with Crippen LogP contribution in [0.3, 0.4) is 0 Å². The number of carboxylic acid groups (broad SMARTS) is 2. The van der Waals surface area contributed by atoms with Crippen molar-refractivity contribution < 1.29 is 64.5 Å². The minimum Gasteiger partial charge on any atom is -0.482 e. The topological polar surface area (TPSA) is 119 Å². The van der Waals surface area contributed by atoms with Crippen molar-refractivity contribution in [3.63, 3.8) is 0 Å². The van der Waals surface area contributed by atoms with E-state index in [-0.39, 0.29) is 6.61 Å². The van der Waals surface area contributed by atoms with Gasteiger partial charge >= 0.3 is 24.3 Å². The Morgan fingerprint density at radius 3 is 1.38 bits per heavy atom. The van der Waals surface area contributed by atoms with Gasteiger partial charge in [-0.1, -0.05) is 31.2 Å². The van der Waals surface area contributed by atoms with Crippen LogP contribution in [0.4, 0.5) is 26.3 Å². The van der Waals surface area contributed by atoms with Crippen LogP contribution in [0.15, 0.2) is 116 Å². The van der Waals surface area contributed by atoms with Crippen LogP contribution in [0.5, 0.6) is 11.5 Å². The lowest BCUT2D eigenvalue weighted by Gasteiger charge is -2.10. The highest BCUT2D eigenvalue weighted by molar-refractivity contribution is 7.98. The summed E-state index contributed by atoms with van der Waals surface area (Å²) in [6.07, 6.45) is -8.04. The van der Waals surface area contributed by atoms with E-state index in [1.54, 1.807) is 35.7 Å². The van der Waals surface area contributed by atoms with Gasteiger partial charge in [0.2, 0.25) is 0 Å². The number of carbonyl (C=O) groups is 2. The molecule has 0 radical (unpaired) electrons. The van der Waals surface area contributed by atoms with Crippen molar-refractivity contribution in [1.29, 1.82) is 0 Å². The summed E-state index contributed by atoms with van der Waals surface area (Å²) in [5.41, 5.74) is 3.41. The molecule has 16 heteroatoms.